The second kappa shape index (κ2) is 5.65. The summed E-state index contributed by atoms with van der Waals surface area (Å²) in [5.74, 6) is 0.535. The van der Waals surface area contributed by atoms with E-state index in [1.807, 2.05) is 25.1 Å². The smallest absolute Gasteiger partial charge is 0.165 e. The molecule has 2 nitrogen and oxygen atoms in total. The molecule has 0 saturated heterocycles. The van der Waals surface area contributed by atoms with E-state index in [4.69, 9.17) is 10.5 Å². The number of para-hydroxylation sites is 1. The van der Waals surface area contributed by atoms with Gasteiger partial charge in [0.1, 0.15) is 5.75 Å². The number of aryl methyl sites for hydroxylation is 1. The summed E-state index contributed by atoms with van der Waals surface area (Å²) in [6.07, 6.45) is 0.714. The minimum Gasteiger partial charge on any atom is -0.454 e. The third-order valence-electron chi connectivity index (χ3n) is 2.69. The van der Waals surface area contributed by atoms with Gasteiger partial charge in [0.2, 0.25) is 0 Å². The Bertz CT molecular complexity index is 540. The Kier molecular flexibility index (Phi) is 3.95. The van der Waals surface area contributed by atoms with Crippen molar-refractivity contribution in [2.45, 2.75) is 13.3 Å². The van der Waals surface area contributed by atoms with Crippen molar-refractivity contribution in [3.05, 3.63) is 59.4 Å². The molecule has 0 amide bonds. The second-order valence-corrected chi connectivity index (χ2v) is 4.18. The van der Waals surface area contributed by atoms with Crippen LogP contribution in [0.2, 0.25) is 0 Å². The van der Waals surface area contributed by atoms with Crippen LogP contribution in [0, 0.1) is 12.7 Å². The lowest BCUT2D eigenvalue weighted by Gasteiger charge is -2.12. The third-order valence-corrected chi connectivity index (χ3v) is 2.69. The third kappa shape index (κ3) is 2.87. The fraction of sp³-hybridized carbons (Fsp3) is 0.200. The number of hydrogen-bond donors (Lipinski definition) is 1. The van der Waals surface area contributed by atoms with Crippen molar-refractivity contribution in [1.29, 1.82) is 0 Å². The largest absolute Gasteiger partial charge is 0.454 e. The van der Waals surface area contributed by atoms with E-state index in [9.17, 15) is 4.39 Å². The molecule has 0 aliphatic rings. The highest BCUT2D eigenvalue weighted by Gasteiger charge is 2.07. The first-order chi connectivity index (χ1) is 8.70. The van der Waals surface area contributed by atoms with Crippen LogP contribution in [-0.2, 0) is 6.42 Å². The van der Waals surface area contributed by atoms with Crippen LogP contribution in [0.4, 0.5) is 4.39 Å². The molecule has 0 heterocycles. The number of ether oxygens (including phenoxy) is 1. The van der Waals surface area contributed by atoms with Crippen LogP contribution in [-0.4, -0.2) is 6.54 Å². The molecule has 2 N–H and O–H groups in total. The average molecular weight is 245 g/mol. The lowest BCUT2D eigenvalue weighted by Crippen LogP contribution is -2.04. The van der Waals surface area contributed by atoms with Crippen molar-refractivity contribution >= 4 is 0 Å². The maximum atomic E-state index is 13.5. The number of hydrogen-bond acceptors (Lipinski definition) is 2. The maximum Gasteiger partial charge on any atom is 0.165 e. The molecule has 0 bridgehead atoms. The van der Waals surface area contributed by atoms with Crippen molar-refractivity contribution in [1.82, 2.24) is 0 Å². The van der Waals surface area contributed by atoms with Gasteiger partial charge in [-0.2, -0.15) is 0 Å². The van der Waals surface area contributed by atoms with Crippen molar-refractivity contribution < 1.29 is 9.13 Å². The summed E-state index contributed by atoms with van der Waals surface area (Å²) in [5.41, 5.74) is 7.71. The Morgan fingerprint density at radius 3 is 2.61 bits per heavy atom. The molecule has 2 aromatic carbocycles. The van der Waals surface area contributed by atoms with E-state index in [0.717, 1.165) is 11.1 Å². The molecule has 0 unspecified atom stereocenters. The van der Waals surface area contributed by atoms with Crippen LogP contribution in [0.15, 0.2) is 42.5 Å². The zero-order valence-corrected chi connectivity index (χ0v) is 10.3. The van der Waals surface area contributed by atoms with Crippen LogP contribution in [0.5, 0.6) is 11.5 Å². The van der Waals surface area contributed by atoms with Gasteiger partial charge >= 0.3 is 0 Å². The van der Waals surface area contributed by atoms with Crippen LogP contribution in [0.1, 0.15) is 11.1 Å². The maximum absolute atomic E-state index is 13.5. The van der Waals surface area contributed by atoms with Crippen LogP contribution < -0.4 is 10.5 Å². The molecule has 0 spiro atoms. The molecule has 0 atom stereocenters. The van der Waals surface area contributed by atoms with Crippen molar-refractivity contribution in [2.75, 3.05) is 6.54 Å². The topological polar surface area (TPSA) is 35.2 Å². The number of benzene rings is 2. The minimum absolute atomic E-state index is 0.236. The van der Waals surface area contributed by atoms with Crippen LogP contribution in [0.25, 0.3) is 0 Å². The molecular formula is C15H16FNO. The zero-order valence-electron chi connectivity index (χ0n) is 10.3. The van der Waals surface area contributed by atoms with E-state index in [0.29, 0.717) is 18.7 Å². The van der Waals surface area contributed by atoms with Crippen LogP contribution in [0.3, 0.4) is 0 Å². The van der Waals surface area contributed by atoms with E-state index in [1.165, 1.54) is 6.07 Å². The Balaban J connectivity index is 2.31. The summed E-state index contributed by atoms with van der Waals surface area (Å²) in [4.78, 5) is 0. The van der Waals surface area contributed by atoms with Crippen molar-refractivity contribution in [3.8, 4) is 11.5 Å². The van der Waals surface area contributed by atoms with Gasteiger partial charge in [0.25, 0.3) is 0 Å². The minimum atomic E-state index is -0.364. The normalized spacial score (nSPS) is 10.4. The average Bonchev–Trinajstić information content (AvgIpc) is 2.35. The monoisotopic (exact) mass is 245 g/mol. The second-order valence-electron chi connectivity index (χ2n) is 4.18. The van der Waals surface area contributed by atoms with E-state index < -0.39 is 0 Å². The first-order valence-corrected chi connectivity index (χ1v) is 5.92. The highest BCUT2D eigenvalue weighted by atomic mass is 19.1. The van der Waals surface area contributed by atoms with Gasteiger partial charge in [0, 0.05) is 0 Å². The predicted octanol–water partition coefficient (Wildman–Crippen LogP) is 3.43. The fourth-order valence-electron chi connectivity index (χ4n) is 1.80. The number of nitrogens with two attached hydrogens (primary N) is 1. The van der Waals surface area contributed by atoms with Gasteiger partial charge in [-0.15, -0.1) is 0 Å². The highest BCUT2D eigenvalue weighted by molar-refractivity contribution is 5.40. The SMILES string of the molecule is Cc1ccc(Oc2ccccc2F)c(CCN)c1. The molecule has 0 radical (unpaired) electrons. The molecule has 0 aliphatic heterocycles. The summed E-state index contributed by atoms with van der Waals surface area (Å²) in [5, 5.41) is 0. The molecule has 0 fully saturated rings. The summed E-state index contributed by atoms with van der Waals surface area (Å²) in [6, 6.07) is 12.2. The Morgan fingerprint density at radius 1 is 1.11 bits per heavy atom. The van der Waals surface area contributed by atoms with E-state index in [-0.39, 0.29) is 11.6 Å². The van der Waals surface area contributed by atoms with Gasteiger partial charge in [-0.3, -0.25) is 0 Å². The van der Waals surface area contributed by atoms with Gasteiger partial charge in [0.05, 0.1) is 0 Å². The van der Waals surface area contributed by atoms with Crippen LogP contribution >= 0.6 is 0 Å². The summed E-state index contributed by atoms with van der Waals surface area (Å²) in [7, 11) is 0. The molecule has 0 aliphatic carbocycles. The first kappa shape index (κ1) is 12.6. The van der Waals surface area contributed by atoms with Gasteiger partial charge in [-0.25, -0.2) is 4.39 Å². The van der Waals surface area contributed by atoms with Gasteiger partial charge in [-0.1, -0.05) is 29.8 Å². The summed E-state index contributed by atoms with van der Waals surface area (Å²) in [6.45, 7) is 2.55. The molecule has 18 heavy (non-hydrogen) atoms. The Morgan fingerprint density at radius 2 is 1.89 bits per heavy atom. The number of halogens is 1. The Labute approximate surface area is 106 Å². The fourth-order valence-corrected chi connectivity index (χ4v) is 1.80. The predicted molar refractivity (Wildman–Crippen MR) is 70.4 cm³/mol. The lowest BCUT2D eigenvalue weighted by atomic mass is 10.1. The van der Waals surface area contributed by atoms with Crippen molar-refractivity contribution in [3.63, 3.8) is 0 Å². The Hall–Kier alpha value is -1.87. The highest BCUT2D eigenvalue weighted by Crippen LogP contribution is 2.28. The van der Waals surface area contributed by atoms with E-state index in [2.05, 4.69) is 0 Å². The lowest BCUT2D eigenvalue weighted by molar-refractivity contribution is 0.437. The molecule has 94 valence electrons. The summed E-state index contributed by atoms with van der Waals surface area (Å²) >= 11 is 0. The van der Waals surface area contributed by atoms with Crippen molar-refractivity contribution in [2.24, 2.45) is 5.73 Å². The molecular weight excluding hydrogens is 229 g/mol. The standard InChI is InChI=1S/C15H16FNO/c1-11-6-7-14(12(10-11)8-9-17)18-15-5-3-2-4-13(15)16/h2-7,10H,8-9,17H2,1H3. The molecule has 0 saturated carbocycles. The van der Waals surface area contributed by atoms with Gasteiger partial charge < -0.3 is 10.5 Å². The molecule has 2 aromatic rings. The van der Waals surface area contributed by atoms with Gasteiger partial charge in [0.15, 0.2) is 11.6 Å². The first-order valence-electron chi connectivity index (χ1n) is 5.92. The molecule has 0 aromatic heterocycles. The number of rotatable bonds is 4. The zero-order chi connectivity index (χ0) is 13.0. The molecule has 3 heteroatoms. The summed E-state index contributed by atoms with van der Waals surface area (Å²) < 4.78 is 19.1. The quantitative estimate of drug-likeness (QED) is 0.895. The van der Waals surface area contributed by atoms with E-state index in [1.54, 1.807) is 18.2 Å². The van der Waals surface area contributed by atoms with E-state index >= 15 is 0 Å². The van der Waals surface area contributed by atoms with Gasteiger partial charge in [-0.05, 0) is 43.7 Å². The molecule has 2 rings (SSSR count).